The standard InChI is InChI=1S/C27H35NO4/c1-5-7-8-9-10-11-12-20-13-18-23(28-19-20)21-14-16-22(17-15-21)30-26(29)25-24(6-2)31-27(3,4)32-25/h6,13-19,24-25H,2,5,7-12H2,1,3-4H3. The summed E-state index contributed by atoms with van der Waals surface area (Å²) in [6.45, 7) is 9.48. The van der Waals surface area contributed by atoms with Crippen LogP contribution in [0.25, 0.3) is 11.3 Å². The maximum atomic E-state index is 12.5. The van der Waals surface area contributed by atoms with Gasteiger partial charge in [-0.1, -0.05) is 51.2 Å². The molecule has 1 fully saturated rings. The average Bonchev–Trinajstić information content (AvgIpc) is 3.12. The summed E-state index contributed by atoms with van der Waals surface area (Å²) in [4.78, 5) is 17.1. The third-order valence-corrected chi connectivity index (χ3v) is 5.61. The molecule has 2 unspecified atom stereocenters. The first-order valence-corrected chi connectivity index (χ1v) is 11.7. The highest BCUT2D eigenvalue weighted by Gasteiger charge is 2.44. The summed E-state index contributed by atoms with van der Waals surface area (Å²) in [7, 11) is 0. The SMILES string of the molecule is C=CC1OC(C)(C)OC1C(=O)Oc1ccc(-c2ccc(CCCCCCCC)cn2)cc1. The minimum absolute atomic E-state index is 0.453. The van der Waals surface area contributed by atoms with Gasteiger partial charge in [-0.15, -0.1) is 6.58 Å². The zero-order valence-corrected chi connectivity index (χ0v) is 19.5. The second-order valence-electron chi connectivity index (χ2n) is 8.77. The van der Waals surface area contributed by atoms with E-state index in [0.717, 1.165) is 17.7 Å². The molecule has 0 amide bonds. The van der Waals surface area contributed by atoms with E-state index in [1.165, 1.54) is 44.1 Å². The number of carbonyl (C=O) groups excluding carboxylic acids is 1. The number of carbonyl (C=O) groups is 1. The summed E-state index contributed by atoms with van der Waals surface area (Å²) in [6.07, 6.45) is 11.0. The molecule has 0 saturated carbocycles. The number of aryl methyl sites for hydroxylation is 1. The van der Waals surface area contributed by atoms with E-state index >= 15 is 0 Å². The predicted octanol–water partition coefficient (Wildman–Crippen LogP) is 6.26. The van der Waals surface area contributed by atoms with Crippen molar-refractivity contribution in [2.75, 3.05) is 0 Å². The number of unbranched alkanes of at least 4 members (excludes halogenated alkanes) is 5. The van der Waals surface area contributed by atoms with Gasteiger partial charge < -0.3 is 14.2 Å². The van der Waals surface area contributed by atoms with E-state index in [2.05, 4.69) is 24.6 Å². The van der Waals surface area contributed by atoms with E-state index in [0.29, 0.717) is 5.75 Å². The van der Waals surface area contributed by atoms with E-state index in [1.54, 1.807) is 32.1 Å². The lowest BCUT2D eigenvalue weighted by atomic mass is 10.1. The first-order chi connectivity index (χ1) is 15.4. The zero-order valence-electron chi connectivity index (χ0n) is 19.5. The van der Waals surface area contributed by atoms with Crippen molar-refractivity contribution in [2.24, 2.45) is 0 Å². The monoisotopic (exact) mass is 437 g/mol. The normalized spacial score (nSPS) is 19.6. The van der Waals surface area contributed by atoms with Gasteiger partial charge in [-0.25, -0.2) is 4.79 Å². The molecule has 5 heteroatoms. The van der Waals surface area contributed by atoms with Crippen LogP contribution < -0.4 is 4.74 Å². The molecule has 0 N–H and O–H groups in total. The van der Waals surface area contributed by atoms with Gasteiger partial charge in [-0.3, -0.25) is 4.98 Å². The Bertz CT molecular complexity index is 874. The second kappa shape index (κ2) is 11.4. The van der Waals surface area contributed by atoms with Crippen LogP contribution in [0.2, 0.25) is 0 Å². The quantitative estimate of drug-likeness (QED) is 0.180. The van der Waals surface area contributed by atoms with Crippen LogP contribution in [0.4, 0.5) is 0 Å². The maximum Gasteiger partial charge on any atom is 0.343 e. The van der Waals surface area contributed by atoms with Gasteiger partial charge in [0.05, 0.1) is 5.69 Å². The third-order valence-electron chi connectivity index (χ3n) is 5.61. The Morgan fingerprint density at radius 1 is 1.06 bits per heavy atom. The molecule has 0 radical (unpaired) electrons. The number of ether oxygens (including phenoxy) is 3. The first kappa shape index (κ1) is 24.1. The van der Waals surface area contributed by atoms with Gasteiger partial charge in [0.1, 0.15) is 11.9 Å². The molecule has 32 heavy (non-hydrogen) atoms. The molecular weight excluding hydrogens is 402 g/mol. The van der Waals surface area contributed by atoms with Crippen LogP contribution in [0.5, 0.6) is 5.75 Å². The minimum Gasteiger partial charge on any atom is -0.425 e. The van der Waals surface area contributed by atoms with Crippen molar-refractivity contribution >= 4 is 5.97 Å². The Morgan fingerprint density at radius 2 is 1.78 bits per heavy atom. The van der Waals surface area contributed by atoms with Crippen LogP contribution in [0, 0.1) is 0 Å². The van der Waals surface area contributed by atoms with Crippen molar-refractivity contribution in [3.05, 3.63) is 60.8 Å². The van der Waals surface area contributed by atoms with Crippen LogP contribution in [0.1, 0.15) is 64.9 Å². The molecule has 1 aliphatic rings. The molecule has 5 nitrogen and oxygen atoms in total. The summed E-state index contributed by atoms with van der Waals surface area (Å²) >= 11 is 0. The summed E-state index contributed by atoms with van der Waals surface area (Å²) in [6, 6.07) is 11.5. The van der Waals surface area contributed by atoms with Gasteiger partial charge in [0.15, 0.2) is 11.9 Å². The van der Waals surface area contributed by atoms with Crippen molar-refractivity contribution < 1.29 is 19.0 Å². The second-order valence-corrected chi connectivity index (χ2v) is 8.77. The lowest BCUT2D eigenvalue weighted by molar-refractivity contribution is -0.163. The highest BCUT2D eigenvalue weighted by molar-refractivity contribution is 5.79. The Labute approximate surface area is 191 Å². The Balaban J connectivity index is 1.52. The molecule has 2 aromatic rings. The number of rotatable bonds is 11. The summed E-state index contributed by atoms with van der Waals surface area (Å²) in [5.41, 5.74) is 3.14. The highest BCUT2D eigenvalue weighted by atomic mass is 16.8. The van der Waals surface area contributed by atoms with Crippen LogP contribution in [-0.4, -0.2) is 28.9 Å². The van der Waals surface area contributed by atoms with E-state index in [-0.39, 0.29) is 0 Å². The largest absolute Gasteiger partial charge is 0.425 e. The Morgan fingerprint density at radius 3 is 2.44 bits per heavy atom. The van der Waals surface area contributed by atoms with Gasteiger partial charge in [-0.2, -0.15) is 0 Å². The minimum atomic E-state index is -0.848. The van der Waals surface area contributed by atoms with E-state index in [9.17, 15) is 4.79 Å². The number of hydrogen-bond donors (Lipinski definition) is 0. The lowest BCUT2D eigenvalue weighted by Crippen LogP contribution is -2.34. The number of hydrogen-bond acceptors (Lipinski definition) is 5. The molecule has 2 heterocycles. The van der Waals surface area contributed by atoms with Crippen molar-refractivity contribution in [3.63, 3.8) is 0 Å². The first-order valence-electron chi connectivity index (χ1n) is 11.7. The van der Waals surface area contributed by atoms with Gasteiger partial charge >= 0.3 is 5.97 Å². The van der Waals surface area contributed by atoms with Gasteiger partial charge in [0.2, 0.25) is 0 Å². The number of esters is 1. The number of pyridine rings is 1. The molecule has 1 saturated heterocycles. The van der Waals surface area contributed by atoms with Gasteiger partial charge in [-0.05, 0) is 62.6 Å². The van der Waals surface area contributed by atoms with Gasteiger partial charge in [0, 0.05) is 11.8 Å². The van der Waals surface area contributed by atoms with Crippen molar-refractivity contribution in [1.29, 1.82) is 0 Å². The Hall–Kier alpha value is -2.50. The Kier molecular flexibility index (Phi) is 8.60. The molecule has 1 aliphatic heterocycles. The topological polar surface area (TPSA) is 57.7 Å². The van der Waals surface area contributed by atoms with E-state index in [1.807, 2.05) is 24.4 Å². The van der Waals surface area contributed by atoms with Crippen LogP contribution >= 0.6 is 0 Å². The van der Waals surface area contributed by atoms with Crippen molar-refractivity contribution in [3.8, 4) is 17.0 Å². The highest BCUT2D eigenvalue weighted by Crippen LogP contribution is 2.30. The third kappa shape index (κ3) is 6.75. The molecule has 1 aromatic carbocycles. The van der Waals surface area contributed by atoms with Crippen LogP contribution in [0.15, 0.2) is 55.3 Å². The van der Waals surface area contributed by atoms with Crippen molar-refractivity contribution in [2.45, 2.75) is 83.7 Å². The summed E-state index contributed by atoms with van der Waals surface area (Å²) in [5, 5.41) is 0. The number of benzene rings is 1. The molecule has 172 valence electrons. The van der Waals surface area contributed by atoms with E-state index < -0.39 is 24.0 Å². The molecule has 3 rings (SSSR count). The predicted molar refractivity (Wildman–Crippen MR) is 126 cm³/mol. The average molecular weight is 438 g/mol. The summed E-state index contributed by atoms with van der Waals surface area (Å²) in [5.74, 6) is -0.890. The molecule has 1 aromatic heterocycles. The van der Waals surface area contributed by atoms with Crippen LogP contribution in [0.3, 0.4) is 0 Å². The van der Waals surface area contributed by atoms with Crippen LogP contribution in [-0.2, 0) is 20.7 Å². The molecule has 0 bridgehead atoms. The van der Waals surface area contributed by atoms with E-state index in [4.69, 9.17) is 14.2 Å². The maximum absolute atomic E-state index is 12.5. The summed E-state index contributed by atoms with van der Waals surface area (Å²) < 4.78 is 16.8. The molecule has 0 aliphatic carbocycles. The lowest BCUT2D eigenvalue weighted by Gasteiger charge is -2.16. The number of nitrogens with zero attached hydrogens (tertiary/aromatic N) is 1. The number of aromatic nitrogens is 1. The fraction of sp³-hybridized carbons (Fsp3) is 0.481. The molecule has 0 spiro atoms. The molecular formula is C27H35NO4. The zero-order chi connectivity index (χ0) is 23.0. The smallest absolute Gasteiger partial charge is 0.343 e. The fourth-order valence-corrected chi connectivity index (χ4v) is 3.86. The van der Waals surface area contributed by atoms with Crippen molar-refractivity contribution in [1.82, 2.24) is 4.98 Å². The fourth-order valence-electron chi connectivity index (χ4n) is 3.86. The van der Waals surface area contributed by atoms with Gasteiger partial charge in [0.25, 0.3) is 0 Å². The molecule has 2 atom stereocenters.